The Kier molecular flexibility index (Phi) is 6.94. The molecule has 7 nitrogen and oxygen atoms in total. The molecule has 1 saturated heterocycles. The van der Waals surface area contributed by atoms with Crippen LogP contribution >= 0.6 is 0 Å². The lowest BCUT2D eigenvalue weighted by Gasteiger charge is -2.41. The Bertz CT molecular complexity index is 1480. The lowest BCUT2D eigenvalue weighted by Crippen LogP contribution is -2.44. The van der Waals surface area contributed by atoms with Crippen molar-refractivity contribution in [3.8, 4) is 11.5 Å². The summed E-state index contributed by atoms with van der Waals surface area (Å²) >= 11 is 0. The van der Waals surface area contributed by atoms with Crippen LogP contribution in [0.15, 0.2) is 65.6 Å². The molecule has 8 heteroatoms. The molecule has 1 N–H and O–H groups in total. The maximum atomic E-state index is 13.2. The number of fused-ring (bicyclic) bond motifs is 8. The number of likely N-dealkylation sites (tertiary alicyclic amines) is 1. The molecule has 3 aromatic rings. The SMILES string of the molecule is COc1ccc(S(=O)(=O)N(C)C)c(C(O)C2CCN(CC34CC(c5ccccc53)c3ccccc34)CC2)c1OC. The Morgan fingerprint density at radius 3 is 2.10 bits per heavy atom. The molecule has 2 bridgehead atoms. The molecular weight excluding hydrogens is 524 g/mol. The summed E-state index contributed by atoms with van der Waals surface area (Å²) in [6.45, 7) is 2.62. The van der Waals surface area contributed by atoms with Crippen molar-refractivity contribution in [1.29, 1.82) is 0 Å². The molecule has 0 spiro atoms. The highest BCUT2D eigenvalue weighted by Crippen LogP contribution is 2.60. The number of ether oxygens (including phenoxy) is 2. The molecule has 1 aliphatic heterocycles. The number of nitrogens with zero attached hydrogens (tertiary/aromatic N) is 2. The predicted octanol–water partition coefficient (Wildman–Crippen LogP) is 4.53. The van der Waals surface area contributed by atoms with Crippen molar-refractivity contribution >= 4 is 10.0 Å². The van der Waals surface area contributed by atoms with Crippen molar-refractivity contribution in [1.82, 2.24) is 9.21 Å². The van der Waals surface area contributed by atoms with Gasteiger partial charge in [0.25, 0.3) is 0 Å². The maximum Gasteiger partial charge on any atom is 0.243 e. The van der Waals surface area contributed by atoms with Crippen LogP contribution in [0.5, 0.6) is 11.5 Å². The van der Waals surface area contributed by atoms with Gasteiger partial charge in [0.15, 0.2) is 11.5 Å². The van der Waals surface area contributed by atoms with Crippen LogP contribution in [0, 0.1) is 5.92 Å². The normalized spacial score (nSPS) is 23.2. The minimum absolute atomic E-state index is 0.00766. The van der Waals surface area contributed by atoms with E-state index in [4.69, 9.17) is 9.47 Å². The number of hydrogen-bond acceptors (Lipinski definition) is 6. The van der Waals surface area contributed by atoms with Crippen molar-refractivity contribution in [2.75, 3.05) is 47.9 Å². The zero-order valence-corrected chi connectivity index (χ0v) is 24.4. The Hall–Kier alpha value is -2.91. The quantitative estimate of drug-likeness (QED) is 0.435. The van der Waals surface area contributed by atoms with Gasteiger partial charge in [0.1, 0.15) is 0 Å². The van der Waals surface area contributed by atoms with Gasteiger partial charge in [-0.15, -0.1) is 0 Å². The molecule has 2 aliphatic carbocycles. The fraction of sp³-hybridized carbons (Fsp3) is 0.438. The Morgan fingerprint density at radius 2 is 1.55 bits per heavy atom. The van der Waals surface area contributed by atoms with Crippen molar-refractivity contribution in [3.63, 3.8) is 0 Å². The summed E-state index contributed by atoms with van der Waals surface area (Å²) in [6.07, 6.45) is 1.62. The van der Waals surface area contributed by atoms with Gasteiger partial charge < -0.3 is 19.5 Å². The molecule has 0 radical (unpaired) electrons. The van der Waals surface area contributed by atoms with Crippen molar-refractivity contribution in [3.05, 3.63) is 88.5 Å². The van der Waals surface area contributed by atoms with Gasteiger partial charge in [-0.05, 0) is 72.7 Å². The number of aliphatic hydroxyl groups excluding tert-OH is 1. The monoisotopic (exact) mass is 562 g/mol. The zero-order chi connectivity index (χ0) is 28.2. The summed E-state index contributed by atoms with van der Waals surface area (Å²) in [6, 6.07) is 20.9. The Labute approximate surface area is 237 Å². The second-order valence-corrected chi connectivity index (χ2v) is 13.7. The van der Waals surface area contributed by atoms with E-state index in [0.717, 1.165) is 38.9 Å². The van der Waals surface area contributed by atoms with Gasteiger partial charge in [-0.1, -0.05) is 48.5 Å². The third-order valence-corrected chi connectivity index (χ3v) is 11.3. The summed E-state index contributed by atoms with van der Waals surface area (Å²) in [7, 11) is 2.17. The van der Waals surface area contributed by atoms with Crippen LogP contribution in [0.25, 0.3) is 0 Å². The second-order valence-electron chi connectivity index (χ2n) is 11.6. The van der Waals surface area contributed by atoms with Crippen LogP contribution < -0.4 is 9.47 Å². The van der Waals surface area contributed by atoms with E-state index in [0.29, 0.717) is 11.7 Å². The maximum absolute atomic E-state index is 13.2. The summed E-state index contributed by atoms with van der Waals surface area (Å²) in [5.41, 5.74) is 6.12. The third kappa shape index (κ3) is 4.07. The van der Waals surface area contributed by atoms with Gasteiger partial charge in [-0.2, -0.15) is 0 Å². The van der Waals surface area contributed by atoms with Gasteiger partial charge in [0.05, 0.1) is 25.2 Å². The van der Waals surface area contributed by atoms with Crippen LogP contribution in [0.1, 0.15) is 59.1 Å². The highest BCUT2D eigenvalue weighted by molar-refractivity contribution is 7.89. The number of benzene rings is 3. The highest BCUT2D eigenvalue weighted by atomic mass is 32.2. The topological polar surface area (TPSA) is 79.3 Å². The number of aliphatic hydroxyl groups is 1. The molecule has 6 rings (SSSR count). The molecule has 40 heavy (non-hydrogen) atoms. The van der Waals surface area contributed by atoms with Gasteiger partial charge >= 0.3 is 0 Å². The molecule has 3 aliphatic rings. The average molecular weight is 563 g/mol. The number of sulfonamides is 1. The standard InChI is InChI=1S/C32H38N2O5S/c1-33(2)40(36,37)28-14-13-27(38-3)31(39-4)29(28)30(35)21-15-17-34(18-16-21)20-32-19-24(22-9-5-7-11-25(22)32)23-10-6-8-12-26(23)32/h5-14,21,24,30,35H,15-20H2,1-4H3. The van der Waals surface area contributed by atoms with Gasteiger partial charge in [-0.3, -0.25) is 0 Å². The lowest BCUT2D eigenvalue weighted by molar-refractivity contribution is 0.0504. The van der Waals surface area contributed by atoms with Gasteiger partial charge in [-0.25, -0.2) is 12.7 Å². The number of hydrogen-bond donors (Lipinski definition) is 1. The smallest absolute Gasteiger partial charge is 0.243 e. The van der Waals surface area contributed by atoms with Crippen molar-refractivity contribution in [2.24, 2.45) is 5.92 Å². The zero-order valence-electron chi connectivity index (χ0n) is 23.6. The number of rotatable bonds is 8. The molecule has 3 aromatic carbocycles. The summed E-state index contributed by atoms with van der Waals surface area (Å²) in [4.78, 5) is 2.59. The summed E-state index contributed by atoms with van der Waals surface area (Å²) < 4.78 is 38.7. The van der Waals surface area contributed by atoms with Gasteiger partial charge in [0.2, 0.25) is 10.0 Å². The van der Waals surface area contributed by atoms with E-state index in [9.17, 15) is 13.5 Å². The molecule has 1 fully saturated rings. The van der Waals surface area contributed by atoms with Gasteiger partial charge in [0, 0.05) is 37.5 Å². The molecule has 0 saturated carbocycles. The van der Waals surface area contributed by atoms with Crippen molar-refractivity contribution in [2.45, 2.75) is 41.6 Å². The van der Waals surface area contributed by atoms with Crippen LogP contribution in [0.3, 0.4) is 0 Å². The first-order chi connectivity index (χ1) is 19.2. The molecular formula is C32H38N2O5S. The molecule has 1 atom stereocenters. The van der Waals surface area contributed by atoms with Crippen LogP contribution in [0.2, 0.25) is 0 Å². The summed E-state index contributed by atoms with van der Waals surface area (Å²) in [5, 5.41) is 11.7. The molecule has 212 valence electrons. The van der Waals surface area contributed by atoms with E-state index in [-0.39, 0.29) is 27.5 Å². The van der Waals surface area contributed by atoms with E-state index in [2.05, 4.69) is 53.4 Å². The first-order valence-corrected chi connectivity index (χ1v) is 15.4. The van der Waals surface area contributed by atoms with E-state index in [1.165, 1.54) is 60.9 Å². The highest BCUT2D eigenvalue weighted by Gasteiger charge is 2.53. The molecule has 1 heterocycles. The fourth-order valence-corrected chi connectivity index (χ4v) is 8.61. The van der Waals surface area contributed by atoms with E-state index in [1.54, 1.807) is 6.07 Å². The second kappa shape index (κ2) is 10.2. The Morgan fingerprint density at radius 1 is 0.950 bits per heavy atom. The first-order valence-electron chi connectivity index (χ1n) is 14.0. The minimum atomic E-state index is -3.81. The number of piperidine rings is 1. The average Bonchev–Trinajstić information content (AvgIpc) is 3.48. The minimum Gasteiger partial charge on any atom is -0.493 e. The summed E-state index contributed by atoms with van der Waals surface area (Å²) in [5.74, 6) is 1.03. The van der Waals surface area contributed by atoms with E-state index in [1.807, 2.05) is 0 Å². The van der Waals surface area contributed by atoms with Crippen LogP contribution in [-0.4, -0.2) is 70.7 Å². The first kappa shape index (κ1) is 27.3. The molecule has 0 aromatic heterocycles. The lowest BCUT2D eigenvalue weighted by atomic mass is 9.74. The molecule has 0 amide bonds. The number of methoxy groups -OCH3 is 2. The Balaban J connectivity index is 1.26. The van der Waals surface area contributed by atoms with Crippen LogP contribution in [-0.2, 0) is 15.4 Å². The van der Waals surface area contributed by atoms with Crippen molar-refractivity contribution < 1.29 is 23.0 Å². The molecule has 1 unspecified atom stereocenters. The van der Waals surface area contributed by atoms with Crippen LogP contribution in [0.4, 0.5) is 0 Å². The largest absolute Gasteiger partial charge is 0.493 e. The third-order valence-electron chi connectivity index (χ3n) is 9.43. The van der Waals surface area contributed by atoms with E-state index < -0.39 is 16.1 Å². The fourth-order valence-electron chi connectivity index (χ4n) is 7.49. The predicted molar refractivity (Wildman–Crippen MR) is 155 cm³/mol. The van der Waals surface area contributed by atoms with E-state index >= 15 is 0 Å².